The van der Waals surface area contributed by atoms with Gasteiger partial charge in [0.15, 0.2) is 0 Å². The van der Waals surface area contributed by atoms with E-state index in [4.69, 9.17) is 11.6 Å². The highest BCUT2D eigenvalue weighted by molar-refractivity contribution is 7.89. The summed E-state index contributed by atoms with van der Waals surface area (Å²) in [7, 11) is -4.23. The summed E-state index contributed by atoms with van der Waals surface area (Å²) in [6.07, 6.45) is 1.68. The van der Waals surface area contributed by atoms with Gasteiger partial charge in [0.2, 0.25) is 10.0 Å². The number of benzene rings is 2. The Morgan fingerprint density at radius 2 is 1.77 bits per heavy atom. The lowest BCUT2D eigenvalue weighted by molar-refractivity contribution is 0.0163. The third-order valence-corrected chi connectivity index (χ3v) is 6.87. The van der Waals surface area contributed by atoms with Crippen molar-refractivity contribution in [3.8, 4) is 0 Å². The highest BCUT2D eigenvalue weighted by Crippen LogP contribution is 2.29. The van der Waals surface area contributed by atoms with E-state index in [0.717, 1.165) is 24.3 Å². The Hall–Kier alpha value is -2.07. The minimum absolute atomic E-state index is 0.0937. The Morgan fingerprint density at radius 1 is 1.13 bits per heavy atom. The van der Waals surface area contributed by atoms with Gasteiger partial charge in [0, 0.05) is 17.3 Å². The molecule has 0 atom stereocenters. The van der Waals surface area contributed by atoms with Crippen LogP contribution in [0.1, 0.15) is 43.0 Å². The number of halogens is 3. The molecule has 0 unspecified atom stereocenters. The standard InChI is InChI=1S/C20H21ClF2N2O4S/c1-20(27)8-6-13(7-9-20)25-30(28,29)18-10-12(2-4-17(18)23)19(26)24-14-3-5-16(22)15(21)11-14/h2-5,10-11,13,25,27H,6-9H2,1H3,(H,24,26). The Labute approximate surface area is 178 Å². The van der Waals surface area contributed by atoms with Crippen molar-refractivity contribution in [2.24, 2.45) is 0 Å². The van der Waals surface area contributed by atoms with Gasteiger partial charge < -0.3 is 10.4 Å². The van der Waals surface area contributed by atoms with Crippen molar-refractivity contribution in [3.63, 3.8) is 0 Å². The molecule has 0 bridgehead atoms. The summed E-state index contributed by atoms with van der Waals surface area (Å²) in [6.45, 7) is 1.69. The van der Waals surface area contributed by atoms with Gasteiger partial charge in [-0.05, 0) is 69.0 Å². The average Bonchev–Trinajstić information content (AvgIpc) is 2.66. The topological polar surface area (TPSA) is 95.5 Å². The lowest BCUT2D eigenvalue weighted by atomic mass is 9.84. The second kappa shape index (κ2) is 8.58. The smallest absolute Gasteiger partial charge is 0.255 e. The van der Waals surface area contributed by atoms with Gasteiger partial charge in [-0.15, -0.1) is 0 Å². The zero-order valence-electron chi connectivity index (χ0n) is 16.1. The van der Waals surface area contributed by atoms with E-state index in [1.54, 1.807) is 6.92 Å². The first-order valence-corrected chi connectivity index (χ1v) is 11.1. The SMILES string of the molecule is CC1(O)CCC(NS(=O)(=O)c2cc(C(=O)Nc3ccc(F)c(Cl)c3)ccc2F)CC1. The number of sulfonamides is 1. The van der Waals surface area contributed by atoms with Gasteiger partial charge in [0.05, 0.1) is 10.6 Å². The molecule has 3 rings (SSSR count). The summed E-state index contributed by atoms with van der Waals surface area (Å²) in [5.41, 5.74) is -0.731. The van der Waals surface area contributed by atoms with Crippen LogP contribution in [0.2, 0.25) is 5.02 Å². The molecule has 0 aliphatic heterocycles. The van der Waals surface area contributed by atoms with Crippen molar-refractivity contribution < 1.29 is 27.1 Å². The molecule has 162 valence electrons. The van der Waals surface area contributed by atoms with E-state index in [1.165, 1.54) is 12.1 Å². The zero-order chi connectivity index (χ0) is 22.1. The Morgan fingerprint density at radius 3 is 2.40 bits per heavy atom. The Balaban J connectivity index is 1.78. The lowest BCUT2D eigenvalue weighted by Crippen LogP contribution is -2.42. The quantitative estimate of drug-likeness (QED) is 0.634. The highest BCUT2D eigenvalue weighted by atomic mass is 35.5. The predicted molar refractivity (Wildman–Crippen MR) is 109 cm³/mol. The van der Waals surface area contributed by atoms with Crippen LogP contribution in [-0.4, -0.2) is 31.1 Å². The first-order valence-electron chi connectivity index (χ1n) is 9.27. The fourth-order valence-electron chi connectivity index (χ4n) is 3.27. The third kappa shape index (κ3) is 5.34. The minimum Gasteiger partial charge on any atom is -0.390 e. The van der Waals surface area contributed by atoms with Gasteiger partial charge in [0.25, 0.3) is 5.91 Å². The monoisotopic (exact) mass is 458 g/mol. The highest BCUT2D eigenvalue weighted by Gasteiger charge is 2.32. The predicted octanol–water partition coefficient (Wildman–Crippen LogP) is 3.84. The molecule has 0 aromatic heterocycles. The van der Waals surface area contributed by atoms with E-state index in [-0.39, 0.29) is 16.3 Å². The van der Waals surface area contributed by atoms with E-state index in [2.05, 4.69) is 10.0 Å². The van der Waals surface area contributed by atoms with Crippen LogP contribution in [0.15, 0.2) is 41.3 Å². The molecule has 6 nitrogen and oxygen atoms in total. The van der Waals surface area contributed by atoms with Crippen molar-refractivity contribution in [1.29, 1.82) is 0 Å². The molecule has 1 saturated carbocycles. The maximum atomic E-state index is 14.3. The van der Waals surface area contributed by atoms with E-state index >= 15 is 0 Å². The van der Waals surface area contributed by atoms with Crippen LogP contribution in [0.4, 0.5) is 14.5 Å². The Kier molecular flexibility index (Phi) is 6.47. The lowest BCUT2D eigenvalue weighted by Gasteiger charge is -2.33. The van der Waals surface area contributed by atoms with Crippen LogP contribution in [0.5, 0.6) is 0 Å². The molecule has 30 heavy (non-hydrogen) atoms. The van der Waals surface area contributed by atoms with E-state index in [0.29, 0.717) is 25.7 Å². The van der Waals surface area contributed by atoms with Crippen LogP contribution >= 0.6 is 11.6 Å². The fourth-order valence-corrected chi connectivity index (χ4v) is 4.86. The van der Waals surface area contributed by atoms with Crippen LogP contribution in [-0.2, 0) is 10.0 Å². The number of hydrogen-bond donors (Lipinski definition) is 3. The van der Waals surface area contributed by atoms with Crippen LogP contribution < -0.4 is 10.0 Å². The van der Waals surface area contributed by atoms with Crippen molar-refractivity contribution >= 4 is 33.2 Å². The molecule has 0 saturated heterocycles. The largest absolute Gasteiger partial charge is 0.390 e. The first-order chi connectivity index (χ1) is 14.0. The molecular weight excluding hydrogens is 438 g/mol. The number of carbonyl (C=O) groups is 1. The summed E-state index contributed by atoms with van der Waals surface area (Å²) >= 11 is 5.68. The van der Waals surface area contributed by atoms with Gasteiger partial charge in [-0.25, -0.2) is 21.9 Å². The van der Waals surface area contributed by atoms with Crippen molar-refractivity contribution in [2.75, 3.05) is 5.32 Å². The molecule has 0 heterocycles. The molecule has 1 aliphatic carbocycles. The molecule has 1 aliphatic rings. The van der Waals surface area contributed by atoms with Gasteiger partial charge >= 0.3 is 0 Å². The number of aliphatic hydroxyl groups is 1. The van der Waals surface area contributed by atoms with Crippen LogP contribution in [0.3, 0.4) is 0 Å². The molecular formula is C20H21ClF2N2O4S. The maximum Gasteiger partial charge on any atom is 0.255 e. The number of anilines is 1. The molecule has 0 spiro atoms. The Bertz CT molecular complexity index is 1070. The van der Waals surface area contributed by atoms with Crippen LogP contribution in [0, 0.1) is 11.6 Å². The number of hydrogen-bond acceptors (Lipinski definition) is 4. The molecule has 2 aromatic carbocycles. The number of carbonyl (C=O) groups excluding carboxylic acids is 1. The van der Waals surface area contributed by atoms with E-state index in [1.807, 2.05) is 0 Å². The normalized spacial score (nSPS) is 22.0. The molecule has 1 amide bonds. The second-order valence-electron chi connectivity index (χ2n) is 7.62. The summed E-state index contributed by atoms with van der Waals surface area (Å²) in [5.74, 6) is -2.35. The van der Waals surface area contributed by atoms with Gasteiger partial charge in [0.1, 0.15) is 16.5 Å². The summed E-state index contributed by atoms with van der Waals surface area (Å²) < 4.78 is 55.4. The zero-order valence-corrected chi connectivity index (χ0v) is 17.7. The number of nitrogens with one attached hydrogen (secondary N) is 2. The third-order valence-electron chi connectivity index (χ3n) is 5.04. The summed E-state index contributed by atoms with van der Waals surface area (Å²) in [4.78, 5) is 11.8. The summed E-state index contributed by atoms with van der Waals surface area (Å²) in [5, 5.41) is 12.3. The number of amides is 1. The fraction of sp³-hybridized carbons (Fsp3) is 0.350. The molecule has 2 aromatic rings. The second-order valence-corrected chi connectivity index (χ2v) is 9.71. The number of rotatable bonds is 5. The first kappa shape index (κ1) is 22.6. The van der Waals surface area contributed by atoms with Gasteiger partial charge in [-0.2, -0.15) is 0 Å². The van der Waals surface area contributed by atoms with Crippen molar-refractivity contribution in [2.45, 2.75) is 49.1 Å². The average molecular weight is 459 g/mol. The maximum absolute atomic E-state index is 14.3. The molecule has 0 radical (unpaired) electrons. The van der Waals surface area contributed by atoms with Crippen molar-refractivity contribution in [1.82, 2.24) is 4.72 Å². The summed E-state index contributed by atoms with van der Waals surface area (Å²) in [6, 6.07) is 6.11. The van der Waals surface area contributed by atoms with Crippen LogP contribution in [0.25, 0.3) is 0 Å². The van der Waals surface area contributed by atoms with Crippen molar-refractivity contribution in [3.05, 3.63) is 58.6 Å². The van der Waals surface area contributed by atoms with E-state index in [9.17, 15) is 27.1 Å². The van der Waals surface area contributed by atoms with Gasteiger partial charge in [-0.1, -0.05) is 11.6 Å². The van der Waals surface area contributed by atoms with Gasteiger partial charge in [-0.3, -0.25) is 4.79 Å². The van der Waals surface area contributed by atoms with E-state index < -0.39 is 44.1 Å². The molecule has 10 heteroatoms. The molecule has 3 N–H and O–H groups in total. The minimum atomic E-state index is -4.23. The molecule has 1 fully saturated rings.